The van der Waals surface area contributed by atoms with Crippen LogP contribution in [-0.2, 0) is 4.79 Å². The van der Waals surface area contributed by atoms with E-state index in [0.717, 1.165) is 31.9 Å². The molecule has 1 fully saturated rings. The molecule has 0 atom stereocenters. The van der Waals surface area contributed by atoms with Crippen LogP contribution in [0.15, 0.2) is 0 Å². The Morgan fingerprint density at radius 3 is 2.81 bits per heavy atom. The molecule has 0 aliphatic carbocycles. The van der Waals surface area contributed by atoms with Gasteiger partial charge in [0, 0.05) is 33.1 Å². The lowest BCUT2D eigenvalue weighted by Crippen LogP contribution is -2.43. The van der Waals surface area contributed by atoms with Gasteiger partial charge in [-0.05, 0) is 6.92 Å². The zero-order chi connectivity index (χ0) is 11.5. The van der Waals surface area contributed by atoms with Crippen molar-refractivity contribution in [1.82, 2.24) is 10.3 Å². The van der Waals surface area contributed by atoms with Crippen molar-refractivity contribution in [3.05, 3.63) is 5.69 Å². The van der Waals surface area contributed by atoms with Crippen LogP contribution in [0, 0.1) is 6.92 Å². The Hall–Kier alpha value is -1.14. The number of amides is 1. The summed E-state index contributed by atoms with van der Waals surface area (Å²) in [5.41, 5.74) is 0.996. The molecule has 0 unspecified atom stereocenters. The molecular formula is C10H16N4OS. The predicted molar refractivity (Wildman–Crippen MR) is 66.2 cm³/mol. The van der Waals surface area contributed by atoms with E-state index in [2.05, 4.69) is 20.5 Å². The Balaban J connectivity index is 2.13. The van der Waals surface area contributed by atoms with Crippen LogP contribution in [0.2, 0.25) is 0 Å². The lowest BCUT2D eigenvalue weighted by molar-refractivity contribution is -0.114. The highest BCUT2D eigenvalue weighted by molar-refractivity contribution is 7.19. The third kappa shape index (κ3) is 2.51. The van der Waals surface area contributed by atoms with Gasteiger partial charge in [0.15, 0.2) is 5.13 Å². The van der Waals surface area contributed by atoms with Gasteiger partial charge in [0.1, 0.15) is 5.00 Å². The number of carbonyl (C=O) groups is 1. The standard InChI is InChI=1S/C10H16N4OS/c1-7-9(14-5-3-11-4-6-14)16-10(12-7)13-8(2)15/h11H,3-6H2,1-2H3,(H,12,13,15). The van der Waals surface area contributed by atoms with Crippen molar-refractivity contribution in [2.75, 3.05) is 36.4 Å². The largest absolute Gasteiger partial charge is 0.359 e. The van der Waals surface area contributed by atoms with Gasteiger partial charge in [-0.3, -0.25) is 4.79 Å². The van der Waals surface area contributed by atoms with E-state index in [1.54, 1.807) is 11.3 Å². The summed E-state index contributed by atoms with van der Waals surface area (Å²) in [7, 11) is 0. The van der Waals surface area contributed by atoms with Crippen molar-refractivity contribution in [1.29, 1.82) is 0 Å². The monoisotopic (exact) mass is 240 g/mol. The van der Waals surface area contributed by atoms with E-state index in [9.17, 15) is 4.79 Å². The van der Waals surface area contributed by atoms with Crippen molar-refractivity contribution in [3.8, 4) is 0 Å². The first-order valence-corrected chi connectivity index (χ1v) is 6.19. The number of anilines is 2. The van der Waals surface area contributed by atoms with Crippen molar-refractivity contribution in [3.63, 3.8) is 0 Å². The fourth-order valence-electron chi connectivity index (χ4n) is 1.75. The van der Waals surface area contributed by atoms with E-state index in [1.165, 1.54) is 11.9 Å². The number of thiazole rings is 1. The molecule has 88 valence electrons. The van der Waals surface area contributed by atoms with Crippen molar-refractivity contribution < 1.29 is 4.79 Å². The number of hydrogen-bond donors (Lipinski definition) is 2. The number of nitrogens with zero attached hydrogens (tertiary/aromatic N) is 2. The van der Waals surface area contributed by atoms with E-state index in [4.69, 9.17) is 0 Å². The van der Waals surface area contributed by atoms with Crippen LogP contribution in [0.25, 0.3) is 0 Å². The second-order valence-electron chi connectivity index (χ2n) is 3.83. The van der Waals surface area contributed by atoms with Gasteiger partial charge in [0.05, 0.1) is 5.69 Å². The molecule has 0 radical (unpaired) electrons. The minimum absolute atomic E-state index is 0.0689. The quantitative estimate of drug-likeness (QED) is 0.803. The molecule has 1 aliphatic rings. The predicted octanol–water partition coefficient (Wildman–Crippen LogP) is 0.820. The molecular weight excluding hydrogens is 224 g/mol. The summed E-state index contributed by atoms with van der Waals surface area (Å²) in [6, 6.07) is 0. The van der Waals surface area contributed by atoms with Gasteiger partial charge in [-0.1, -0.05) is 11.3 Å². The minimum Gasteiger partial charge on any atom is -0.359 e. The summed E-state index contributed by atoms with van der Waals surface area (Å²) >= 11 is 1.55. The Bertz CT molecular complexity index is 384. The fourth-order valence-corrected chi connectivity index (χ4v) is 2.82. The molecule has 1 aromatic heterocycles. The number of hydrogen-bond acceptors (Lipinski definition) is 5. The normalized spacial score (nSPS) is 16.2. The summed E-state index contributed by atoms with van der Waals surface area (Å²) in [5.74, 6) is -0.0689. The van der Waals surface area contributed by atoms with Gasteiger partial charge in [0.25, 0.3) is 0 Å². The summed E-state index contributed by atoms with van der Waals surface area (Å²) in [6.45, 7) is 7.51. The van der Waals surface area contributed by atoms with Crippen LogP contribution in [0.1, 0.15) is 12.6 Å². The smallest absolute Gasteiger partial charge is 0.223 e. The van der Waals surface area contributed by atoms with Gasteiger partial charge in [-0.25, -0.2) is 4.98 Å². The molecule has 1 aromatic rings. The zero-order valence-corrected chi connectivity index (χ0v) is 10.4. The average molecular weight is 240 g/mol. The number of aryl methyl sites for hydroxylation is 1. The van der Waals surface area contributed by atoms with E-state index in [-0.39, 0.29) is 5.91 Å². The second kappa shape index (κ2) is 4.80. The Kier molecular flexibility index (Phi) is 3.40. The van der Waals surface area contributed by atoms with E-state index in [0.29, 0.717) is 5.13 Å². The van der Waals surface area contributed by atoms with E-state index < -0.39 is 0 Å². The van der Waals surface area contributed by atoms with Crippen molar-refractivity contribution in [2.24, 2.45) is 0 Å². The number of piperazine rings is 1. The van der Waals surface area contributed by atoms with Gasteiger partial charge >= 0.3 is 0 Å². The van der Waals surface area contributed by atoms with E-state index in [1.807, 2.05) is 6.92 Å². The molecule has 0 saturated carbocycles. The molecule has 1 aliphatic heterocycles. The number of carbonyl (C=O) groups excluding carboxylic acids is 1. The van der Waals surface area contributed by atoms with Gasteiger partial charge in [0.2, 0.25) is 5.91 Å². The topological polar surface area (TPSA) is 57.3 Å². The number of nitrogens with one attached hydrogen (secondary N) is 2. The highest BCUT2D eigenvalue weighted by atomic mass is 32.1. The first kappa shape index (κ1) is 11.3. The molecule has 2 heterocycles. The minimum atomic E-state index is -0.0689. The highest BCUT2D eigenvalue weighted by Crippen LogP contribution is 2.31. The maximum atomic E-state index is 10.9. The fraction of sp³-hybridized carbons (Fsp3) is 0.600. The van der Waals surface area contributed by atoms with Crippen LogP contribution >= 0.6 is 11.3 Å². The van der Waals surface area contributed by atoms with Gasteiger partial charge in [-0.2, -0.15) is 0 Å². The average Bonchev–Trinajstić information content (AvgIpc) is 2.60. The SMILES string of the molecule is CC(=O)Nc1nc(C)c(N2CCNCC2)s1. The van der Waals surface area contributed by atoms with Crippen LogP contribution in [0.5, 0.6) is 0 Å². The number of rotatable bonds is 2. The third-order valence-corrected chi connectivity index (χ3v) is 3.59. The molecule has 1 amide bonds. The summed E-state index contributed by atoms with van der Waals surface area (Å²) in [6.07, 6.45) is 0. The Morgan fingerprint density at radius 2 is 2.19 bits per heavy atom. The molecule has 1 saturated heterocycles. The third-order valence-electron chi connectivity index (χ3n) is 2.46. The van der Waals surface area contributed by atoms with Crippen molar-refractivity contribution in [2.45, 2.75) is 13.8 Å². The molecule has 16 heavy (non-hydrogen) atoms. The Morgan fingerprint density at radius 1 is 1.50 bits per heavy atom. The molecule has 2 N–H and O–H groups in total. The zero-order valence-electron chi connectivity index (χ0n) is 9.54. The lowest BCUT2D eigenvalue weighted by Gasteiger charge is -2.28. The van der Waals surface area contributed by atoms with Gasteiger partial charge in [-0.15, -0.1) is 0 Å². The van der Waals surface area contributed by atoms with Gasteiger partial charge < -0.3 is 15.5 Å². The van der Waals surface area contributed by atoms with Crippen LogP contribution in [0.4, 0.5) is 10.1 Å². The Labute approximate surface area is 98.9 Å². The van der Waals surface area contributed by atoms with Crippen LogP contribution in [0.3, 0.4) is 0 Å². The molecule has 2 rings (SSSR count). The molecule has 6 heteroatoms. The second-order valence-corrected chi connectivity index (χ2v) is 4.81. The lowest BCUT2D eigenvalue weighted by atomic mass is 10.3. The number of aromatic nitrogens is 1. The summed E-state index contributed by atoms with van der Waals surface area (Å²) < 4.78 is 0. The maximum absolute atomic E-state index is 10.9. The maximum Gasteiger partial charge on any atom is 0.223 e. The molecule has 0 bridgehead atoms. The first-order chi connectivity index (χ1) is 7.66. The van der Waals surface area contributed by atoms with E-state index >= 15 is 0 Å². The summed E-state index contributed by atoms with van der Waals surface area (Å²) in [5, 5.41) is 7.91. The molecule has 0 aromatic carbocycles. The molecule has 0 spiro atoms. The van der Waals surface area contributed by atoms with Crippen LogP contribution in [-0.4, -0.2) is 37.1 Å². The highest BCUT2D eigenvalue weighted by Gasteiger charge is 2.17. The first-order valence-electron chi connectivity index (χ1n) is 5.37. The summed E-state index contributed by atoms with van der Waals surface area (Å²) in [4.78, 5) is 17.6. The van der Waals surface area contributed by atoms with Crippen LogP contribution < -0.4 is 15.5 Å². The van der Waals surface area contributed by atoms with Crippen molar-refractivity contribution >= 4 is 27.4 Å². The molecule has 5 nitrogen and oxygen atoms in total.